The summed E-state index contributed by atoms with van der Waals surface area (Å²) in [5, 5.41) is 0. The lowest BCUT2D eigenvalue weighted by Gasteiger charge is -2.14. The number of nitrogens with two attached hydrogens (primary N) is 2. The van der Waals surface area contributed by atoms with Crippen molar-refractivity contribution >= 4 is 5.91 Å². The van der Waals surface area contributed by atoms with Gasteiger partial charge in [0.15, 0.2) is 11.6 Å². The van der Waals surface area contributed by atoms with E-state index in [-0.39, 0.29) is 24.8 Å². The molecule has 0 fully saturated rings. The van der Waals surface area contributed by atoms with Crippen LogP contribution in [0.15, 0.2) is 18.2 Å². The number of primary amides is 1. The molecule has 1 amide bonds. The van der Waals surface area contributed by atoms with Crippen molar-refractivity contribution in [2.75, 3.05) is 6.61 Å². The van der Waals surface area contributed by atoms with E-state index < -0.39 is 11.7 Å². The maximum absolute atomic E-state index is 13.6. The Hall–Kier alpha value is -1.62. The summed E-state index contributed by atoms with van der Waals surface area (Å²) in [5.74, 6) is -0.749. The number of hydrogen-bond donors (Lipinski definition) is 2. The second-order valence-corrected chi connectivity index (χ2v) is 4.17. The Bertz CT molecular complexity index is 410. The standard InChI is InChI=1S/C13H19FN2O2/c1-2-10(15)8-9-4-3-5-11(14)13(9)18-7-6-12(16)17/h3-5,10H,2,6-8,15H2,1H3,(H2,16,17). The summed E-state index contributed by atoms with van der Waals surface area (Å²) in [6.45, 7) is 2.04. The van der Waals surface area contributed by atoms with Crippen molar-refractivity contribution in [1.82, 2.24) is 0 Å². The number of carbonyl (C=O) groups excluding carboxylic acids is 1. The third-order valence-electron chi connectivity index (χ3n) is 2.65. The molecule has 0 saturated heterocycles. The SMILES string of the molecule is CCC(N)Cc1cccc(F)c1OCCC(N)=O. The molecule has 1 atom stereocenters. The van der Waals surface area contributed by atoms with Gasteiger partial charge >= 0.3 is 0 Å². The molecule has 5 heteroatoms. The predicted octanol–water partition coefficient (Wildman–Crippen LogP) is 1.36. The Balaban J connectivity index is 2.76. The van der Waals surface area contributed by atoms with Crippen LogP contribution >= 0.6 is 0 Å². The first-order valence-electron chi connectivity index (χ1n) is 5.98. The molecular weight excluding hydrogens is 235 g/mol. The van der Waals surface area contributed by atoms with Crippen LogP contribution in [0.3, 0.4) is 0 Å². The van der Waals surface area contributed by atoms with Gasteiger partial charge in [0.2, 0.25) is 5.91 Å². The summed E-state index contributed by atoms with van der Waals surface area (Å²) in [6, 6.07) is 4.68. The van der Waals surface area contributed by atoms with Gasteiger partial charge in [0.25, 0.3) is 0 Å². The maximum atomic E-state index is 13.6. The molecule has 1 aromatic rings. The van der Waals surface area contributed by atoms with Crippen LogP contribution in [0.25, 0.3) is 0 Å². The maximum Gasteiger partial charge on any atom is 0.220 e. The number of ether oxygens (including phenoxy) is 1. The topological polar surface area (TPSA) is 78.3 Å². The predicted molar refractivity (Wildman–Crippen MR) is 67.7 cm³/mol. The summed E-state index contributed by atoms with van der Waals surface area (Å²) >= 11 is 0. The molecule has 0 aliphatic carbocycles. The molecule has 4 nitrogen and oxygen atoms in total. The fourth-order valence-electron chi connectivity index (χ4n) is 1.56. The summed E-state index contributed by atoms with van der Waals surface area (Å²) in [6.07, 6.45) is 1.41. The highest BCUT2D eigenvalue weighted by atomic mass is 19.1. The third-order valence-corrected chi connectivity index (χ3v) is 2.65. The van der Waals surface area contributed by atoms with E-state index >= 15 is 0 Å². The van der Waals surface area contributed by atoms with Crippen LogP contribution in [-0.2, 0) is 11.2 Å². The molecule has 1 unspecified atom stereocenters. The fraction of sp³-hybridized carbons (Fsp3) is 0.462. The van der Waals surface area contributed by atoms with Crippen molar-refractivity contribution in [3.8, 4) is 5.75 Å². The van der Waals surface area contributed by atoms with Gasteiger partial charge in [0.1, 0.15) is 0 Å². The number of para-hydroxylation sites is 1. The Morgan fingerprint density at radius 1 is 1.50 bits per heavy atom. The molecule has 0 aromatic heterocycles. The van der Waals surface area contributed by atoms with Crippen LogP contribution in [0, 0.1) is 5.82 Å². The number of amides is 1. The molecule has 0 bridgehead atoms. The number of rotatable bonds is 7. The molecular formula is C13H19FN2O2. The Morgan fingerprint density at radius 3 is 2.83 bits per heavy atom. The zero-order valence-corrected chi connectivity index (χ0v) is 10.5. The van der Waals surface area contributed by atoms with Gasteiger partial charge in [-0.1, -0.05) is 19.1 Å². The first-order valence-corrected chi connectivity index (χ1v) is 5.98. The number of carbonyl (C=O) groups is 1. The van der Waals surface area contributed by atoms with E-state index in [1.807, 2.05) is 6.92 Å². The van der Waals surface area contributed by atoms with Crippen LogP contribution in [-0.4, -0.2) is 18.6 Å². The van der Waals surface area contributed by atoms with E-state index in [4.69, 9.17) is 16.2 Å². The van der Waals surface area contributed by atoms with E-state index in [1.165, 1.54) is 6.07 Å². The number of hydrogen-bond acceptors (Lipinski definition) is 3. The molecule has 100 valence electrons. The Labute approximate surface area is 106 Å². The minimum absolute atomic E-state index is 0.0368. The number of halogens is 1. The van der Waals surface area contributed by atoms with E-state index in [1.54, 1.807) is 12.1 Å². The highest BCUT2D eigenvalue weighted by Crippen LogP contribution is 2.24. The van der Waals surface area contributed by atoms with Crippen LogP contribution in [0.4, 0.5) is 4.39 Å². The summed E-state index contributed by atoms with van der Waals surface area (Å²) in [5.41, 5.74) is 11.6. The number of benzene rings is 1. The molecule has 4 N–H and O–H groups in total. The van der Waals surface area contributed by atoms with Gasteiger partial charge in [-0.3, -0.25) is 4.79 Å². The van der Waals surface area contributed by atoms with Gasteiger partial charge in [-0.25, -0.2) is 4.39 Å². The smallest absolute Gasteiger partial charge is 0.220 e. The monoisotopic (exact) mass is 254 g/mol. The first kappa shape index (κ1) is 14.4. The van der Waals surface area contributed by atoms with Crippen molar-refractivity contribution in [3.05, 3.63) is 29.6 Å². The van der Waals surface area contributed by atoms with Gasteiger partial charge in [-0.15, -0.1) is 0 Å². The van der Waals surface area contributed by atoms with Crippen molar-refractivity contribution in [2.45, 2.75) is 32.2 Å². The molecule has 0 heterocycles. The van der Waals surface area contributed by atoms with Crippen molar-refractivity contribution in [1.29, 1.82) is 0 Å². The zero-order chi connectivity index (χ0) is 13.5. The van der Waals surface area contributed by atoms with Gasteiger partial charge in [0, 0.05) is 6.04 Å². The van der Waals surface area contributed by atoms with Gasteiger partial charge < -0.3 is 16.2 Å². The first-order chi connectivity index (χ1) is 8.54. The third kappa shape index (κ3) is 4.33. The summed E-state index contributed by atoms with van der Waals surface area (Å²) in [4.78, 5) is 10.6. The average molecular weight is 254 g/mol. The molecule has 18 heavy (non-hydrogen) atoms. The van der Waals surface area contributed by atoms with Crippen LogP contribution < -0.4 is 16.2 Å². The van der Waals surface area contributed by atoms with Gasteiger partial charge in [-0.05, 0) is 24.5 Å². The molecule has 1 rings (SSSR count). The van der Waals surface area contributed by atoms with Crippen molar-refractivity contribution in [3.63, 3.8) is 0 Å². The molecule has 1 aromatic carbocycles. The minimum atomic E-state index is -0.474. The molecule has 0 radical (unpaired) electrons. The van der Waals surface area contributed by atoms with Gasteiger partial charge in [0.05, 0.1) is 13.0 Å². The van der Waals surface area contributed by atoms with E-state index in [9.17, 15) is 9.18 Å². The van der Waals surface area contributed by atoms with E-state index in [2.05, 4.69) is 0 Å². The summed E-state index contributed by atoms with van der Waals surface area (Å²) < 4.78 is 18.9. The molecule has 0 spiro atoms. The lowest BCUT2D eigenvalue weighted by molar-refractivity contribution is -0.118. The van der Waals surface area contributed by atoms with Crippen LogP contribution in [0.1, 0.15) is 25.3 Å². The van der Waals surface area contributed by atoms with Crippen molar-refractivity contribution in [2.24, 2.45) is 11.5 Å². The Morgan fingerprint density at radius 2 is 2.22 bits per heavy atom. The van der Waals surface area contributed by atoms with Crippen molar-refractivity contribution < 1.29 is 13.9 Å². The van der Waals surface area contributed by atoms with Gasteiger partial charge in [-0.2, -0.15) is 0 Å². The fourth-order valence-corrected chi connectivity index (χ4v) is 1.56. The van der Waals surface area contributed by atoms with Crippen LogP contribution in [0.2, 0.25) is 0 Å². The quantitative estimate of drug-likeness (QED) is 0.771. The lowest BCUT2D eigenvalue weighted by atomic mass is 10.0. The minimum Gasteiger partial charge on any atom is -0.490 e. The van der Waals surface area contributed by atoms with Crippen LogP contribution in [0.5, 0.6) is 5.75 Å². The second-order valence-electron chi connectivity index (χ2n) is 4.17. The lowest BCUT2D eigenvalue weighted by Crippen LogP contribution is -2.22. The molecule has 0 aliphatic heterocycles. The molecule has 0 saturated carbocycles. The van der Waals surface area contributed by atoms with E-state index in [0.29, 0.717) is 12.0 Å². The zero-order valence-electron chi connectivity index (χ0n) is 10.5. The van der Waals surface area contributed by atoms with E-state index in [0.717, 1.165) is 6.42 Å². The highest BCUT2D eigenvalue weighted by molar-refractivity contribution is 5.73. The molecule has 0 aliphatic rings. The average Bonchev–Trinajstić information content (AvgIpc) is 2.32. The largest absolute Gasteiger partial charge is 0.490 e. The normalized spacial score (nSPS) is 12.2. The highest BCUT2D eigenvalue weighted by Gasteiger charge is 2.12. The Kier molecular flexibility index (Phi) is 5.58. The second kappa shape index (κ2) is 6.96. The summed E-state index contributed by atoms with van der Waals surface area (Å²) in [7, 11) is 0.